The molecule has 0 aliphatic heterocycles. The van der Waals surface area contributed by atoms with Gasteiger partial charge >= 0.3 is 0 Å². The van der Waals surface area contributed by atoms with Crippen LogP contribution in [0.3, 0.4) is 0 Å². The smallest absolute Gasteiger partial charge is 0.0237 e. The zero-order valence-corrected chi connectivity index (χ0v) is 25.8. The molecule has 4 rings (SSSR count). The van der Waals surface area contributed by atoms with Gasteiger partial charge in [-0.2, -0.15) is 0 Å². The average molecular weight is 563 g/mol. The SMILES string of the molecule is CCCN(CCN(CCN(C)Cc1ccccc1)CCN(Cc1ccccc1)Cc1ccccc1)Cc1ccccc1. The molecule has 0 radical (unpaired) electrons. The fourth-order valence-corrected chi connectivity index (χ4v) is 5.51. The second kappa shape index (κ2) is 18.3. The Bertz CT molecular complexity index is 1180. The third-order valence-electron chi connectivity index (χ3n) is 7.85. The van der Waals surface area contributed by atoms with Crippen molar-refractivity contribution >= 4 is 0 Å². The minimum atomic E-state index is 0.966. The predicted molar refractivity (Wildman–Crippen MR) is 178 cm³/mol. The highest BCUT2D eigenvalue weighted by molar-refractivity contribution is 5.18. The van der Waals surface area contributed by atoms with Crippen LogP contribution in [0.2, 0.25) is 0 Å². The van der Waals surface area contributed by atoms with E-state index in [2.05, 4.69) is 155 Å². The molecule has 0 saturated carbocycles. The van der Waals surface area contributed by atoms with Gasteiger partial charge in [0.25, 0.3) is 0 Å². The van der Waals surface area contributed by atoms with E-state index >= 15 is 0 Å². The molecule has 0 aliphatic rings. The van der Waals surface area contributed by atoms with Crippen LogP contribution < -0.4 is 0 Å². The van der Waals surface area contributed by atoms with Crippen molar-refractivity contribution in [1.29, 1.82) is 0 Å². The van der Waals surface area contributed by atoms with Gasteiger partial charge < -0.3 is 4.90 Å². The lowest BCUT2D eigenvalue weighted by atomic mass is 10.1. The summed E-state index contributed by atoms with van der Waals surface area (Å²) in [6.45, 7) is 13.7. The highest BCUT2D eigenvalue weighted by atomic mass is 15.2. The molecule has 0 amide bonds. The Balaban J connectivity index is 1.41. The molecule has 0 bridgehead atoms. The summed E-state index contributed by atoms with van der Waals surface area (Å²) in [5, 5.41) is 0. The van der Waals surface area contributed by atoms with Gasteiger partial charge in [-0.05, 0) is 42.3 Å². The molecule has 4 heteroatoms. The van der Waals surface area contributed by atoms with E-state index < -0.39 is 0 Å². The molecule has 4 aromatic carbocycles. The van der Waals surface area contributed by atoms with E-state index in [1.165, 1.54) is 28.7 Å². The van der Waals surface area contributed by atoms with Crippen LogP contribution in [0.25, 0.3) is 0 Å². The first-order chi connectivity index (χ1) is 20.7. The Hall–Kier alpha value is -3.28. The lowest BCUT2D eigenvalue weighted by molar-refractivity contribution is 0.153. The number of likely N-dealkylation sites (N-methyl/N-ethyl adjacent to an activating group) is 1. The van der Waals surface area contributed by atoms with Crippen LogP contribution in [-0.2, 0) is 26.2 Å². The molecule has 222 valence electrons. The second-order valence-electron chi connectivity index (χ2n) is 11.5. The molecule has 0 aromatic heterocycles. The molecule has 0 fully saturated rings. The normalized spacial score (nSPS) is 11.7. The molecule has 0 heterocycles. The zero-order chi connectivity index (χ0) is 29.2. The summed E-state index contributed by atoms with van der Waals surface area (Å²) in [5.74, 6) is 0. The molecule has 4 aromatic rings. The monoisotopic (exact) mass is 562 g/mol. The standard InChI is InChI=1S/C38H50N4/c1-3-24-41(32-36-18-10-5-11-19-36)29-27-40(26-25-39(2)31-35-16-8-4-9-17-35)28-30-42(33-37-20-12-6-13-21-37)34-38-22-14-7-15-23-38/h4-23H,3,24-34H2,1-2H3. The Labute approximate surface area is 255 Å². The van der Waals surface area contributed by atoms with E-state index in [1.54, 1.807) is 0 Å². The lowest BCUT2D eigenvalue weighted by Gasteiger charge is -2.31. The van der Waals surface area contributed by atoms with Crippen molar-refractivity contribution in [2.24, 2.45) is 0 Å². The Kier molecular flexibility index (Phi) is 13.8. The Morgan fingerprint density at radius 3 is 1.12 bits per heavy atom. The summed E-state index contributed by atoms with van der Waals surface area (Å²) in [7, 11) is 2.25. The van der Waals surface area contributed by atoms with Crippen molar-refractivity contribution in [3.63, 3.8) is 0 Å². The van der Waals surface area contributed by atoms with Gasteiger partial charge in [0.2, 0.25) is 0 Å². The molecule has 42 heavy (non-hydrogen) atoms. The van der Waals surface area contributed by atoms with Gasteiger partial charge in [0, 0.05) is 65.4 Å². The molecule has 0 unspecified atom stereocenters. The van der Waals surface area contributed by atoms with E-state index in [1.807, 2.05) is 0 Å². The molecular weight excluding hydrogens is 512 g/mol. The van der Waals surface area contributed by atoms with Crippen molar-refractivity contribution in [3.05, 3.63) is 144 Å². The van der Waals surface area contributed by atoms with E-state index in [4.69, 9.17) is 0 Å². The largest absolute Gasteiger partial charge is 0.301 e. The van der Waals surface area contributed by atoms with E-state index in [9.17, 15) is 0 Å². The maximum Gasteiger partial charge on any atom is 0.0237 e. The number of nitrogens with zero attached hydrogens (tertiary/aromatic N) is 4. The van der Waals surface area contributed by atoms with Crippen molar-refractivity contribution in [3.8, 4) is 0 Å². The molecule has 0 spiro atoms. The first-order valence-corrected chi connectivity index (χ1v) is 15.7. The molecule has 0 aliphatic carbocycles. The van der Waals surface area contributed by atoms with Crippen LogP contribution in [0, 0.1) is 0 Å². The van der Waals surface area contributed by atoms with Crippen LogP contribution in [-0.4, -0.2) is 72.5 Å². The van der Waals surface area contributed by atoms with E-state index in [0.717, 1.165) is 72.0 Å². The Morgan fingerprint density at radius 2 is 0.690 bits per heavy atom. The van der Waals surface area contributed by atoms with E-state index in [-0.39, 0.29) is 0 Å². The number of benzene rings is 4. The second-order valence-corrected chi connectivity index (χ2v) is 11.5. The van der Waals surface area contributed by atoms with Gasteiger partial charge in [-0.25, -0.2) is 0 Å². The van der Waals surface area contributed by atoms with Gasteiger partial charge in [-0.1, -0.05) is 128 Å². The van der Waals surface area contributed by atoms with Crippen molar-refractivity contribution < 1.29 is 0 Å². The lowest BCUT2D eigenvalue weighted by Crippen LogP contribution is -2.42. The summed E-state index contributed by atoms with van der Waals surface area (Å²) in [5.41, 5.74) is 5.52. The van der Waals surface area contributed by atoms with Crippen molar-refractivity contribution in [1.82, 2.24) is 19.6 Å². The molecule has 4 nitrogen and oxygen atoms in total. The summed E-state index contributed by atoms with van der Waals surface area (Å²) >= 11 is 0. The zero-order valence-electron chi connectivity index (χ0n) is 25.8. The third kappa shape index (κ3) is 11.9. The number of rotatable bonds is 19. The number of hydrogen-bond acceptors (Lipinski definition) is 4. The minimum Gasteiger partial charge on any atom is -0.301 e. The predicted octanol–water partition coefficient (Wildman–Crippen LogP) is 7.04. The molecular formula is C38H50N4. The van der Waals surface area contributed by atoms with Crippen LogP contribution in [0.5, 0.6) is 0 Å². The summed E-state index contributed by atoms with van der Waals surface area (Å²) in [4.78, 5) is 10.4. The maximum atomic E-state index is 2.69. The minimum absolute atomic E-state index is 0.966. The molecule has 0 atom stereocenters. The van der Waals surface area contributed by atoms with Gasteiger partial charge in [0.15, 0.2) is 0 Å². The fraction of sp³-hybridized carbons (Fsp3) is 0.368. The highest BCUT2D eigenvalue weighted by Gasteiger charge is 2.14. The first-order valence-electron chi connectivity index (χ1n) is 15.7. The van der Waals surface area contributed by atoms with Crippen LogP contribution in [0.1, 0.15) is 35.6 Å². The van der Waals surface area contributed by atoms with Crippen LogP contribution in [0.4, 0.5) is 0 Å². The molecule has 0 N–H and O–H groups in total. The summed E-state index contributed by atoms with van der Waals surface area (Å²) in [6, 6.07) is 43.6. The summed E-state index contributed by atoms with van der Waals surface area (Å²) < 4.78 is 0. The van der Waals surface area contributed by atoms with Gasteiger partial charge in [-0.15, -0.1) is 0 Å². The van der Waals surface area contributed by atoms with Gasteiger partial charge in [0.05, 0.1) is 0 Å². The third-order valence-corrected chi connectivity index (χ3v) is 7.85. The topological polar surface area (TPSA) is 13.0 Å². The van der Waals surface area contributed by atoms with Crippen LogP contribution >= 0.6 is 0 Å². The van der Waals surface area contributed by atoms with Crippen molar-refractivity contribution in [2.45, 2.75) is 39.5 Å². The Morgan fingerprint density at radius 1 is 0.357 bits per heavy atom. The first kappa shape index (κ1) is 31.7. The van der Waals surface area contributed by atoms with Gasteiger partial charge in [-0.3, -0.25) is 14.7 Å². The maximum absolute atomic E-state index is 2.69. The quantitative estimate of drug-likeness (QED) is 0.122. The fourth-order valence-electron chi connectivity index (χ4n) is 5.51. The van der Waals surface area contributed by atoms with Gasteiger partial charge in [0.1, 0.15) is 0 Å². The van der Waals surface area contributed by atoms with E-state index in [0.29, 0.717) is 0 Å². The number of hydrogen-bond donors (Lipinski definition) is 0. The molecule has 0 saturated heterocycles. The highest BCUT2D eigenvalue weighted by Crippen LogP contribution is 2.11. The van der Waals surface area contributed by atoms with Crippen molar-refractivity contribution in [2.75, 3.05) is 52.9 Å². The average Bonchev–Trinajstić information content (AvgIpc) is 3.02. The summed E-state index contributed by atoms with van der Waals surface area (Å²) in [6.07, 6.45) is 1.18. The van der Waals surface area contributed by atoms with Crippen LogP contribution in [0.15, 0.2) is 121 Å².